The Hall–Kier alpha value is -0.570. The van der Waals surface area contributed by atoms with E-state index in [0.29, 0.717) is 6.54 Å². The van der Waals surface area contributed by atoms with Crippen molar-refractivity contribution in [2.24, 2.45) is 11.8 Å². The molecule has 0 radical (unpaired) electrons. The first-order chi connectivity index (χ1) is 6.20. The molecule has 0 aromatic rings. The number of aliphatic carboxylic acids is 1. The summed E-state index contributed by atoms with van der Waals surface area (Å²) in [5.41, 5.74) is 0. The second-order valence-electron chi connectivity index (χ2n) is 4.03. The zero-order chi connectivity index (χ0) is 9.68. The summed E-state index contributed by atoms with van der Waals surface area (Å²) in [5, 5.41) is 11.8. The molecular formula is C10H19NO2. The summed E-state index contributed by atoms with van der Waals surface area (Å²) in [4.78, 5) is 10.5. The Morgan fingerprint density at radius 2 is 2.31 bits per heavy atom. The van der Waals surface area contributed by atoms with Gasteiger partial charge < -0.3 is 10.4 Å². The van der Waals surface area contributed by atoms with Crippen molar-refractivity contribution in [2.45, 2.75) is 32.6 Å². The van der Waals surface area contributed by atoms with Crippen molar-refractivity contribution in [1.29, 1.82) is 0 Å². The van der Waals surface area contributed by atoms with Gasteiger partial charge in [-0.3, -0.25) is 4.79 Å². The lowest BCUT2D eigenvalue weighted by Gasteiger charge is -2.25. The molecule has 1 aliphatic rings. The van der Waals surface area contributed by atoms with Crippen molar-refractivity contribution >= 4 is 5.97 Å². The van der Waals surface area contributed by atoms with Crippen LogP contribution in [-0.2, 0) is 4.79 Å². The van der Waals surface area contributed by atoms with Crippen molar-refractivity contribution in [3.8, 4) is 0 Å². The number of carboxylic acid groups (broad SMARTS) is 1. The van der Waals surface area contributed by atoms with E-state index in [1.807, 2.05) is 0 Å². The van der Waals surface area contributed by atoms with Crippen LogP contribution >= 0.6 is 0 Å². The molecule has 1 aliphatic carbocycles. The van der Waals surface area contributed by atoms with Gasteiger partial charge in [0, 0.05) is 6.54 Å². The van der Waals surface area contributed by atoms with Crippen molar-refractivity contribution in [3.05, 3.63) is 0 Å². The van der Waals surface area contributed by atoms with Crippen LogP contribution in [-0.4, -0.2) is 24.2 Å². The van der Waals surface area contributed by atoms with Crippen LogP contribution in [0, 0.1) is 11.8 Å². The summed E-state index contributed by atoms with van der Waals surface area (Å²) >= 11 is 0. The van der Waals surface area contributed by atoms with Gasteiger partial charge in [-0.25, -0.2) is 0 Å². The molecule has 0 heterocycles. The second kappa shape index (κ2) is 5.22. The Labute approximate surface area is 79.5 Å². The second-order valence-corrected chi connectivity index (χ2v) is 4.03. The van der Waals surface area contributed by atoms with Gasteiger partial charge in [-0.1, -0.05) is 26.2 Å². The molecule has 0 aromatic carbocycles. The van der Waals surface area contributed by atoms with Crippen LogP contribution < -0.4 is 5.32 Å². The molecule has 0 aliphatic heterocycles. The van der Waals surface area contributed by atoms with E-state index < -0.39 is 5.97 Å². The van der Waals surface area contributed by atoms with Crippen LogP contribution in [0.2, 0.25) is 0 Å². The summed E-state index contributed by atoms with van der Waals surface area (Å²) in [6.45, 7) is 3.31. The highest BCUT2D eigenvalue weighted by molar-refractivity contribution is 5.69. The molecule has 0 amide bonds. The molecular weight excluding hydrogens is 166 g/mol. The summed E-state index contributed by atoms with van der Waals surface area (Å²) in [7, 11) is 0. The smallest absolute Gasteiger partial charge is 0.307 e. The fourth-order valence-electron chi connectivity index (χ4n) is 1.49. The average Bonchev–Trinajstić information content (AvgIpc) is 2.00. The lowest BCUT2D eigenvalue weighted by atomic mass is 9.83. The maximum atomic E-state index is 10.5. The van der Waals surface area contributed by atoms with Crippen LogP contribution in [0.15, 0.2) is 0 Å². The Kier molecular flexibility index (Phi) is 4.22. The van der Waals surface area contributed by atoms with Crippen LogP contribution in [0.25, 0.3) is 0 Å². The fraction of sp³-hybridized carbons (Fsp3) is 0.900. The molecule has 1 fully saturated rings. The van der Waals surface area contributed by atoms with Crippen molar-refractivity contribution < 1.29 is 9.90 Å². The van der Waals surface area contributed by atoms with Crippen LogP contribution in [0.4, 0.5) is 0 Å². The SMILES string of the molecule is CC(CNCCC1CCC1)C(=O)O. The third-order valence-electron chi connectivity index (χ3n) is 2.83. The fourth-order valence-corrected chi connectivity index (χ4v) is 1.49. The van der Waals surface area contributed by atoms with Gasteiger partial charge in [0.2, 0.25) is 0 Å². The van der Waals surface area contributed by atoms with Gasteiger partial charge in [0.05, 0.1) is 5.92 Å². The Balaban J connectivity index is 1.90. The van der Waals surface area contributed by atoms with Gasteiger partial charge >= 0.3 is 5.97 Å². The highest BCUT2D eigenvalue weighted by Gasteiger charge is 2.16. The first-order valence-electron chi connectivity index (χ1n) is 5.13. The predicted octanol–water partition coefficient (Wildman–Crippen LogP) is 1.49. The highest BCUT2D eigenvalue weighted by Crippen LogP contribution is 2.28. The minimum atomic E-state index is -0.712. The van der Waals surface area contributed by atoms with Gasteiger partial charge in [-0.05, 0) is 18.9 Å². The molecule has 0 spiro atoms. The normalized spacial score (nSPS) is 19.5. The summed E-state index contributed by atoms with van der Waals surface area (Å²) in [6.07, 6.45) is 5.34. The molecule has 3 nitrogen and oxygen atoms in total. The lowest BCUT2D eigenvalue weighted by molar-refractivity contribution is -0.140. The maximum Gasteiger partial charge on any atom is 0.307 e. The molecule has 13 heavy (non-hydrogen) atoms. The largest absolute Gasteiger partial charge is 0.481 e. The number of hydrogen-bond acceptors (Lipinski definition) is 2. The Bertz CT molecular complexity index is 166. The predicted molar refractivity (Wildman–Crippen MR) is 51.6 cm³/mol. The molecule has 1 atom stereocenters. The molecule has 3 heteroatoms. The van der Waals surface area contributed by atoms with E-state index >= 15 is 0 Å². The monoisotopic (exact) mass is 185 g/mol. The van der Waals surface area contributed by atoms with Crippen molar-refractivity contribution in [1.82, 2.24) is 5.32 Å². The maximum absolute atomic E-state index is 10.5. The Morgan fingerprint density at radius 1 is 1.62 bits per heavy atom. The standard InChI is InChI=1S/C10H19NO2/c1-8(10(12)13)7-11-6-5-9-3-2-4-9/h8-9,11H,2-7H2,1H3,(H,12,13). The summed E-state index contributed by atoms with van der Waals surface area (Å²) in [6, 6.07) is 0. The van der Waals surface area contributed by atoms with Gasteiger partial charge in [0.25, 0.3) is 0 Å². The number of nitrogens with one attached hydrogen (secondary N) is 1. The van der Waals surface area contributed by atoms with E-state index in [-0.39, 0.29) is 5.92 Å². The lowest BCUT2D eigenvalue weighted by Crippen LogP contribution is -2.28. The number of rotatable bonds is 6. The minimum absolute atomic E-state index is 0.263. The van der Waals surface area contributed by atoms with Crippen LogP contribution in [0.1, 0.15) is 32.6 Å². The zero-order valence-corrected chi connectivity index (χ0v) is 8.25. The molecule has 1 saturated carbocycles. The van der Waals surface area contributed by atoms with Crippen LogP contribution in [0.5, 0.6) is 0 Å². The van der Waals surface area contributed by atoms with Crippen LogP contribution in [0.3, 0.4) is 0 Å². The molecule has 2 N–H and O–H groups in total. The topological polar surface area (TPSA) is 49.3 Å². The third-order valence-corrected chi connectivity index (χ3v) is 2.83. The van der Waals surface area contributed by atoms with Gasteiger partial charge in [0.1, 0.15) is 0 Å². The quantitative estimate of drug-likeness (QED) is 0.616. The average molecular weight is 185 g/mol. The Morgan fingerprint density at radius 3 is 2.77 bits per heavy atom. The zero-order valence-electron chi connectivity index (χ0n) is 8.25. The third kappa shape index (κ3) is 3.77. The first-order valence-corrected chi connectivity index (χ1v) is 5.13. The van der Waals surface area contributed by atoms with Crippen molar-refractivity contribution in [2.75, 3.05) is 13.1 Å². The van der Waals surface area contributed by atoms with E-state index in [4.69, 9.17) is 5.11 Å². The molecule has 0 saturated heterocycles. The van der Waals surface area contributed by atoms with Gasteiger partial charge in [-0.2, -0.15) is 0 Å². The molecule has 1 rings (SSSR count). The van der Waals surface area contributed by atoms with Crippen molar-refractivity contribution in [3.63, 3.8) is 0 Å². The number of carboxylic acids is 1. The van der Waals surface area contributed by atoms with Gasteiger partial charge in [-0.15, -0.1) is 0 Å². The number of hydrogen-bond donors (Lipinski definition) is 2. The van der Waals surface area contributed by atoms with E-state index in [1.165, 1.54) is 25.7 Å². The van der Waals surface area contributed by atoms with E-state index in [2.05, 4.69) is 5.32 Å². The minimum Gasteiger partial charge on any atom is -0.481 e. The molecule has 0 bridgehead atoms. The van der Waals surface area contributed by atoms with E-state index in [1.54, 1.807) is 6.92 Å². The van der Waals surface area contributed by atoms with E-state index in [9.17, 15) is 4.79 Å². The molecule has 1 unspecified atom stereocenters. The summed E-state index contributed by atoms with van der Waals surface area (Å²) < 4.78 is 0. The first kappa shape index (κ1) is 10.5. The van der Waals surface area contributed by atoms with Gasteiger partial charge in [0.15, 0.2) is 0 Å². The molecule has 0 aromatic heterocycles. The van der Waals surface area contributed by atoms with E-state index in [0.717, 1.165) is 12.5 Å². The highest BCUT2D eigenvalue weighted by atomic mass is 16.4. The summed E-state index contributed by atoms with van der Waals surface area (Å²) in [5.74, 6) is -0.0647. The molecule has 76 valence electrons. The number of carbonyl (C=O) groups is 1.